The average Bonchev–Trinajstić information content (AvgIpc) is 2.76. The van der Waals surface area contributed by atoms with Gasteiger partial charge in [-0.1, -0.05) is 38.3 Å². The van der Waals surface area contributed by atoms with E-state index in [4.69, 9.17) is 5.73 Å². The molecule has 2 aliphatic rings. The minimum Gasteiger partial charge on any atom is -0.398 e. The molecule has 98 valence electrons. The number of hydrogen-bond donors (Lipinski definition) is 1. The van der Waals surface area contributed by atoms with Crippen LogP contribution in [0.5, 0.6) is 0 Å². The van der Waals surface area contributed by atoms with Crippen molar-refractivity contribution in [1.29, 1.82) is 0 Å². The topological polar surface area (TPSA) is 29.3 Å². The van der Waals surface area contributed by atoms with Crippen LogP contribution in [-0.4, -0.2) is 11.4 Å². The van der Waals surface area contributed by atoms with E-state index in [0.29, 0.717) is 0 Å². The minimum absolute atomic E-state index is 0.897. The van der Waals surface area contributed by atoms with Gasteiger partial charge in [0.25, 0.3) is 0 Å². The van der Waals surface area contributed by atoms with E-state index in [2.05, 4.69) is 24.0 Å². The van der Waals surface area contributed by atoms with Crippen LogP contribution in [0.4, 0.5) is 5.69 Å². The highest BCUT2D eigenvalue weighted by Crippen LogP contribution is 2.33. The molecule has 1 heterocycles. The summed E-state index contributed by atoms with van der Waals surface area (Å²) in [6.45, 7) is 5.85. The van der Waals surface area contributed by atoms with Crippen LogP contribution in [0, 0.1) is 11.8 Å². The van der Waals surface area contributed by atoms with Crippen LogP contribution < -0.4 is 5.73 Å². The smallest absolute Gasteiger partial charge is 0.0363 e. The third kappa shape index (κ3) is 2.26. The Kier molecular flexibility index (Phi) is 3.29. The second-order valence-corrected chi connectivity index (χ2v) is 6.18. The number of nitrogens with two attached hydrogens (primary N) is 1. The summed E-state index contributed by atoms with van der Waals surface area (Å²) in [5.74, 6) is 1.80. The first-order valence-corrected chi connectivity index (χ1v) is 7.32. The quantitative estimate of drug-likeness (QED) is 0.808. The number of benzene rings is 1. The van der Waals surface area contributed by atoms with Crippen LogP contribution in [0.3, 0.4) is 0 Å². The van der Waals surface area contributed by atoms with Gasteiger partial charge >= 0.3 is 0 Å². The molecule has 0 spiro atoms. The molecule has 0 aromatic heterocycles. The van der Waals surface area contributed by atoms with Crippen molar-refractivity contribution < 1.29 is 0 Å². The van der Waals surface area contributed by atoms with Gasteiger partial charge in [-0.2, -0.15) is 0 Å². The lowest BCUT2D eigenvalue weighted by Crippen LogP contribution is -2.30. The lowest BCUT2D eigenvalue weighted by molar-refractivity contribution is 0.160. The van der Waals surface area contributed by atoms with Gasteiger partial charge in [0.05, 0.1) is 0 Å². The number of fused-ring (bicyclic) bond motifs is 1. The number of anilines is 1. The lowest BCUT2D eigenvalue weighted by Gasteiger charge is -2.32. The molecule has 1 aromatic rings. The van der Waals surface area contributed by atoms with Crippen molar-refractivity contribution in [2.24, 2.45) is 11.8 Å². The Hall–Kier alpha value is -1.02. The van der Waals surface area contributed by atoms with Crippen LogP contribution in [0.2, 0.25) is 0 Å². The molecule has 0 radical (unpaired) electrons. The SMILES string of the molecule is CC1CCCCC1CN1Cc2cccc(N)c2C1. The van der Waals surface area contributed by atoms with Crippen molar-refractivity contribution in [2.45, 2.75) is 45.7 Å². The molecule has 2 nitrogen and oxygen atoms in total. The molecule has 1 fully saturated rings. The van der Waals surface area contributed by atoms with Crippen LogP contribution in [-0.2, 0) is 13.1 Å². The highest BCUT2D eigenvalue weighted by molar-refractivity contribution is 5.52. The lowest BCUT2D eigenvalue weighted by atomic mass is 9.80. The second-order valence-electron chi connectivity index (χ2n) is 6.18. The molecule has 2 heteroatoms. The van der Waals surface area contributed by atoms with E-state index in [1.54, 1.807) is 0 Å². The van der Waals surface area contributed by atoms with E-state index in [0.717, 1.165) is 30.6 Å². The van der Waals surface area contributed by atoms with Crippen LogP contribution >= 0.6 is 0 Å². The Morgan fingerprint density at radius 2 is 2.06 bits per heavy atom. The van der Waals surface area contributed by atoms with Crippen molar-refractivity contribution in [3.63, 3.8) is 0 Å². The Morgan fingerprint density at radius 3 is 2.83 bits per heavy atom. The Balaban J connectivity index is 1.65. The largest absolute Gasteiger partial charge is 0.398 e. The minimum atomic E-state index is 0.897. The molecule has 1 saturated carbocycles. The van der Waals surface area contributed by atoms with Gasteiger partial charge in [0.1, 0.15) is 0 Å². The molecule has 1 aliphatic heterocycles. The standard InChI is InChI=1S/C16H24N2/c1-12-5-2-3-6-13(12)9-18-10-14-7-4-8-16(17)15(14)11-18/h4,7-8,12-13H,2-3,5-6,9-11,17H2,1H3. The van der Waals surface area contributed by atoms with E-state index in [1.165, 1.54) is 43.4 Å². The molecule has 2 unspecified atom stereocenters. The number of rotatable bonds is 2. The van der Waals surface area contributed by atoms with Crippen LogP contribution in [0.25, 0.3) is 0 Å². The molecule has 0 saturated heterocycles. The van der Waals surface area contributed by atoms with Gasteiger partial charge < -0.3 is 5.73 Å². The summed E-state index contributed by atoms with van der Waals surface area (Å²) < 4.78 is 0. The van der Waals surface area contributed by atoms with Crippen molar-refractivity contribution in [1.82, 2.24) is 4.90 Å². The third-order valence-corrected chi connectivity index (χ3v) is 4.87. The van der Waals surface area contributed by atoms with E-state index < -0.39 is 0 Å². The Labute approximate surface area is 110 Å². The molecule has 1 aromatic carbocycles. The van der Waals surface area contributed by atoms with Gasteiger partial charge in [-0.25, -0.2) is 0 Å². The molecule has 3 rings (SSSR count). The first-order chi connectivity index (χ1) is 8.74. The summed E-state index contributed by atoms with van der Waals surface area (Å²) in [6.07, 6.45) is 5.71. The maximum absolute atomic E-state index is 6.07. The number of nitrogens with zero attached hydrogens (tertiary/aromatic N) is 1. The summed E-state index contributed by atoms with van der Waals surface area (Å²) >= 11 is 0. The fourth-order valence-corrected chi connectivity index (χ4v) is 3.64. The first kappa shape index (κ1) is 12.0. The predicted octanol–water partition coefficient (Wildman–Crippen LogP) is 3.41. The van der Waals surface area contributed by atoms with E-state index in [-0.39, 0.29) is 0 Å². The molecular weight excluding hydrogens is 220 g/mol. The van der Waals surface area contributed by atoms with Crippen molar-refractivity contribution >= 4 is 5.69 Å². The monoisotopic (exact) mass is 244 g/mol. The Morgan fingerprint density at radius 1 is 1.22 bits per heavy atom. The molecular formula is C16H24N2. The molecule has 0 amide bonds. The zero-order valence-electron chi connectivity index (χ0n) is 11.4. The van der Waals surface area contributed by atoms with E-state index in [9.17, 15) is 0 Å². The van der Waals surface area contributed by atoms with Gasteiger partial charge in [0.15, 0.2) is 0 Å². The second kappa shape index (κ2) is 4.93. The highest BCUT2D eigenvalue weighted by atomic mass is 15.1. The maximum atomic E-state index is 6.07. The summed E-state index contributed by atoms with van der Waals surface area (Å²) in [4.78, 5) is 2.59. The summed E-state index contributed by atoms with van der Waals surface area (Å²) in [7, 11) is 0. The van der Waals surface area contributed by atoms with Gasteiger partial charge in [-0.05, 0) is 35.4 Å². The molecule has 2 atom stereocenters. The maximum Gasteiger partial charge on any atom is 0.0363 e. The summed E-state index contributed by atoms with van der Waals surface area (Å²) in [6, 6.07) is 6.35. The number of hydrogen-bond acceptors (Lipinski definition) is 2. The molecule has 0 bridgehead atoms. The van der Waals surface area contributed by atoms with Crippen molar-refractivity contribution in [3.8, 4) is 0 Å². The van der Waals surface area contributed by atoms with Crippen LogP contribution in [0.15, 0.2) is 18.2 Å². The van der Waals surface area contributed by atoms with Gasteiger partial charge in [0, 0.05) is 25.3 Å². The fourth-order valence-electron chi connectivity index (χ4n) is 3.64. The molecule has 2 N–H and O–H groups in total. The molecule has 18 heavy (non-hydrogen) atoms. The number of nitrogen functional groups attached to an aromatic ring is 1. The van der Waals surface area contributed by atoms with E-state index >= 15 is 0 Å². The Bertz CT molecular complexity index is 427. The van der Waals surface area contributed by atoms with Gasteiger partial charge in [-0.3, -0.25) is 4.90 Å². The molecule has 1 aliphatic carbocycles. The zero-order valence-corrected chi connectivity index (χ0v) is 11.4. The predicted molar refractivity (Wildman–Crippen MR) is 76.1 cm³/mol. The normalized spacial score (nSPS) is 28.3. The average molecular weight is 244 g/mol. The third-order valence-electron chi connectivity index (χ3n) is 4.87. The summed E-state index contributed by atoms with van der Waals surface area (Å²) in [5, 5.41) is 0. The van der Waals surface area contributed by atoms with Gasteiger partial charge in [-0.15, -0.1) is 0 Å². The summed E-state index contributed by atoms with van der Waals surface area (Å²) in [5.41, 5.74) is 9.87. The van der Waals surface area contributed by atoms with Gasteiger partial charge in [0.2, 0.25) is 0 Å². The van der Waals surface area contributed by atoms with Crippen molar-refractivity contribution in [3.05, 3.63) is 29.3 Å². The van der Waals surface area contributed by atoms with Crippen molar-refractivity contribution in [2.75, 3.05) is 12.3 Å². The van der Waals surface area contributed by atoms with Crippen LogP contribution in [0.1, 0.15) is 43.7 Å². The fraction of sp³-hybridized carbons (Fsp3) is 0.625. The van der Waals surface area contributed by atoms with E-state index in [1.807, 2.05) is 6.07 Å². The zero-order chi connectivity index (χ0) is 12.5. The highest BCUT2D eigenvalue weighted by Gasteiger charge is 2.27. The first-order valence-electron chi connectivity index (χ1n) is 7.32.